The number of nitrogens with one attached hydrogen (secondary N) is 2. The quantitative estimate of drug-likeness (QED) is 0.209. The van der Waals surface area contributed by atoms with Crippen molar-refractivity contribution in [1.82, 2.24) is 15.5 Å². The van der Waals surface area contributed by atoms with Crippen molar-refractivity contribution in [3.05, 3.63) is 65.7 Å². The molecule has 0 radical (unpaired) electrons. The lowest BCUT2D eigenvalue weighted by molar-refractivity contribution is 0.146. The van der Waals surface area contributed by atoms with Gasteiger partial charge in [-0.2, -0.15) is 0 Å². The van der Waals surface area contributed by atoms with Crippen LogP contribution in [0.4, 0.5) is 0 Å². The van der Waals surface area contributed by atoms with Crippen LogP contribution in [0, 0.1) is 0 Å². The molecular weight excluding hydrogens is 503 g/mol. The Labute approximate surface area is 203 Å². The molecule has 0 bridgehead atoms. The molecule has 2 aromatic carbocycles. The standard InChI is InChI=1S/C24H34N4O2.HI/c1-25-24(26-18-20-10-12-22(13-11-20)30-17-16-29-2)27-19-23(28-14-6-7-15-28)21-8-4-3-5-9-21;/h3-5,8-13,23H,6-7,14-19H2,1-2H3,(H2,25,26,27);1H. The van der Waals surface area contributed by atoms with Crippen molar-refractivity contribution in [2.75, 3.05) is 47.0 Å². The molecular formula is C24H35IN4O2. The summed E-state index contributed by atoms with van der Waals surface area (Å²) in [5, 5.41) is 6.93. The predicted octanol–water partition coefficient (Wildman–Crippen LogP) is 3.83. The van der Waals surface area contributed by atoms with Gasteiger partial charge in [-0.15, -0.1) is 24.0 Å². The third-order valence-corrected chi connectivity index (χ3v) is 5.39. The lowest BCUT2D eigenvalue weighted by Crippen LogP contribution is -2.42. The van der Waals surface area contributed by atoms with Crippen LogP contribution in [0.15, 0.2) is 59.6 Å². The molecule has 1 atom stereocenters. The maximum absolute atomic E-state index is 5.62. The summed E-state index contributed by atoms with van der Waals surface area (Å²) in [7, 11) is 3.49. The van der Waals surface area contributed by atoms with Gasteiger partial charge >= 0.3 is 0 Å². The Kier molecular flexibility index (Phi) is 11.7. The predicted molar refractivity (Wildman–Crippen MR) is 137 cm³/mol. The summed E-state index contributed by atoms with van der Waals surface area (Å²) in [6.07, 6.45) is 2.56. The first-order valence-corrected chi connectivity index (χ1v) is 10.7. The number of hydrogen-bond donors (Lipinski definition) is 2. The van der Waals surface area contributed by atoms with E-state index in [0.29, 0.717) is 25.8 Å². The largest absolute Gasteiger partial charge is 0.491 e. The minimum atomic E-state index is 0. The van der Waals surface area contributed by atoms with E-state index in [1.54, 1.807) is 7.11 Å². The van der Waals surface area contributed by atoms with E-state index in [1.807, 2.05) is 19.2 Å². The summed E-state index contributed by atoms with van der Waals surface area (Å²) in [6, 6.07) is 19.2. The maximum Gasteiger partial charge on any atom is 0.191 e. The van der Waals surface area contributed by atoms with Crippen LogP contribution < -0.4 is 15.4 Å². The molecule has 6 nitrogen and oxygen atoms in total. The number of benzene rings is 2. The summed E-state index contributed by atoms with van der Waals surface area (Å²) < 4.78 is 10.6. The first-order chi connectivity index (χ1) is 14.8. The van der Waals surface area contributed by atoms with Crippen LogP contribution in [0.25, 0.3) is 0 Å². The van der Waals surface area contributed by atoms with Gasteiger partial charge in [-0.1, -0.05) is 42.5 Å². The monoisotopic (exact) mass is 538 g/mol. The number of guanidine groups is 1. The maximum atomic E-state index is 5.62. The van der Waals surface area contributed by atoms with Crippen molar-refractivity contribution in [2.24, 2.45) is 4.99 Å². The summed E-state index contributed by atoms with van der Waals surface area (Å²) in [4.78, 5) is 6.97. The Bertz CT molecular complexity index is 765. The molecule has 1 aliphatic heterocycles. The van der Waals surface area contributed by atoms with E-state index < -0.39 is 0 Å². The number of halogens is 1. The van der Waals surface area contributed by atoms with Crippen LogP contribution in [0.2, 0.25) is 0 Å². The molecule has 31 heavy (non-hydrogen) atoms. The third kappa shape index (κ3) is 8.31. The number of hydrogen-bond acceptors (Lipinski definition) is 4. The summed E-state index contributed by atoms with van der Waals surface area (Å²) >= 11 is 0. The molecule has 170 valence electrons. The Hall–Kier alpha value is -1.84. The van der Waals surface area contributed by atoms with Crippen molar-refractivity contribution >= 4 is 29.9 Å². The van der Waals surface area contributed by atoms with Crippen LogP contribution in [0.5, 0.6) is 5.75 Å². The molecule has 1 unspecified atom stereocenters. The van der Waals surface area contributed by atoms with Crippen LogP contribution >= 0.6 is 24.0 Å². The van der Waals surface area contributed by atoms with Gasteiger partial charge in [-0.3, -0.25) is 9.89 Å². The minimum Gasteiger partial charge on any atom is -0.491 e. The Morgan fingerprint density at radius 1 is 1.00 bits per heavy atom. The Balaban J connectivity index is 0.00000341. The molecule has 0 aromatic heterocycles. The molecule has 0 aliphatic carbocycles. The SMILES string of the molecule is CN=C(NCc1ccc(OCCOC)cc1)NCC(c1ccccc1)N1CCCC1.I. The van der Waals surface area contributed by atoms with Gasteiger partial charge in [-0.25, -0.2) is 0 Å². The molecule has 1 aliphatic rings. The second-order valence-corrected chi connectivity index (χ2v) is 7.46. The van der Waals surface area contributed by atoms with Crippen molar-refractivity contribution in [3.8, 4) is 5.75 Å². The lowest BCUT2D eigenvalue weighted by Gasteiger charge is -2.29. The van der Waals surface area contributed by atoms with E-state index in [2.05, 4.69) is 63.0 Å². The molecule has 0 saturated carbocycles. The van der Waals surface area contributed by atoms with Crippen LogP contribution in [-0.4, -0.2) is 57.9 Å². The van der Waals surface area contributed by atoms with Gasteiger partial charge in [0.05, 0.1) is 12.6 Å². The smallest absolute Gasteiger partial charge is 0.191 e. The zero-order valence-corrected chi connectivity index (χ0v) is 20.9. The van der Waals surface area contributed by atoms with E-state index >= 15 is 0 Å². The zero-order chi connectivity index (χ0) is 21.0. The highest BCUT2D eigenvalue weighted by atomic mass is 127. The fourth-order valence-corrected chi connectivity index (χ4v) is 3.73. The number of rotatable bonds is 10. The minimum absolute atomic E-state index is 0. The molecule has 1 fully saturated rings. The van der Waals surface area contributed by atoms with Gasteiger partial charge in [0, 0.05) is 27.2 Å². The number of nitrogens with zero attached hydrogens (tertiary/aromatic N) is 2. The number of aliphatic imine (C=N–C) groups is 1. The molecule has 0 spiro atoms. The van der Waals surface area contributed by atoms with Gasteiger partial charge in [0.15, 0.2) is 5.96 Å². The first-order valence-electron chi connectivity index (χ1n) is 10.7. The van der Waals surface area contributed by atoms with Crippen LogP contribution in [-0.2, 0) is 11.3 Å². The normalized spacial score (nSPS) is 15.2. The van der Waals surface area contributed by atoms with E-state index in [4.69, 9.17) is 9.47 Å². The van der Waals surface area contributed by atoms with Gasteiger partial charge in [0.2, 0.25) is 0 Å². The van der Waals surface area contributed by atoms with E-state index in [1.165, 1.54) is 24.0 Å². The van der Waals surface area contributed by atoms with Crippen molar-refractivity contribution < 1.29 is 9.47 Å². The fraction of sp³-hybridized carbons (Fsp3) is 0.458. The average molecular weight is 538 g/mol. The van der Waals surface area contributed by atoms with Crippen LogP contribution in [0.3, 0.4) is 0 Å². The molecule has 7 heteroatoms. The van der Waals surface area contributed by atoms with Crippen molar-refractivity contribution in [1.29, 1.82) is 0 Å². The number of ether oxygens (including phenoxy) is 2. The molecule has 0 amide bonds. The molecule has 1 heterocycles. The highest BCUT2D eigenvalue weighted by Gasteiger charge is 2.23. The zero-order valence-electron chi connectivity index (χ0n) is 18.5. The van der Waals surface area contributed by atoms with Gasteiger partial charge in [-0.05, 0) is 49.2 Å². The lowest BCUT2D eigenvalue weighted by atomic mass is 10.1. The average Bonchev–Trinajstić information content (AvgIpc) is 3.32. The second kappa shape index (κ2) is 14.3. The Morgan fingerprint density at radius 3 is 2.35 bits per heavy atom. The number of methoxy groups -OCH3 is 1. The summed E-state index contributed by atoms with van der Waals surface area (Å²) in [5.41, 5.74) is 2.53. The Morgan fingerprint density at radius 2 is 1.71 bits per heavy atom. The van der Waals surface area contributed by atoms with Gasteiger partial charge in [0.25, 0.3) is 0 Å². The second-order valence-electron chi connectivity index (χ2n) is 7.46. The summed E-state index contributed by atoms with van der Waals surface area (Å²) in [5.74, 6) is 1.67. The molecule has 2 aromatic rings. The van der Waals surface area contributed by atoms with E-state index in [-0.39, 0.29) is 24.0 Å². The molecule has 1 saturated heterocycles. The topological polar surface area (TPSA) is 58.1 Å². The molecule has 3 rings (SSSR count). The van der Waals surface area contributed by atoms with Gasteiger partial charge in [0.1, 0.15) is 12.4 Å². The van der Waals surface area contributed by atoms with E-state index in [0.717, 1.165) is 31.3 Å². The highest BCUT2D eigenvalue weighted by Crippen LogP contribution is 2.24. The third-order valence-electron chi connectivity index (χ3n) is 5.39. The highest BCUT2D eigenvalue weighted by molar-refractivity contribution is 14.0. The van der Waals surface area contributed by atoms with Crippen LogP contribution in [0.1, 0.15) is 30.0 Å². The van der Waals surface area contributed by atoms with Crippen molar-refractivity contribution in [2.45, 2.75) is 25.4 Å². The summed E-state index contributed by atoms with van der Waals surface area (Å²) in [6.45, 7) is 5.00. The number of likely N-dealkylation sites (tertiary alicyclic amines) is 1. The van der Waals surface area contributed by atoms with Crippen molar-refractivity contribution in [3.63, 3.8) is 0 Å². The van der Waals surface area contributed by atoms with E-state index in [9.17, 15) is 0 Å². The van der Waals surface area contributed by atoms with Gasteiger partial charge < -0.3 is 20.1 Å². The first kappa shape index (κ1) is 25.4. The fourth-order valence-electron chi connectivity index (χ4n) is 3.73. The molecule has 2 N–H and O–H groups in total.